The Kier molecular flexibility index (Phi) is 6.59. The van der Waals surface area contributed by atoms with E-state index in [2.05, 4.69) is 31.4 Å². The predicted octanol–water partition coefficient (Wildman–Crippen LogP) is 1.15. The Bertz CT molecular complexity index is 146. The molecule has 0 aromatic heterocycles. The Morgan fingerprint density at radius 3 is 2.38 bits per heavy atom. The number of carbonyl (C=O) groups excluding carboxylic acids is 1. The molecule has 1 amide bonds. The summed E-state index contributed by atoms with van der Waals surface area (Å²) in [5.41, 5.74) is 0. The SMILES string of the molecule is CCNC(=O)CNC(C)CC(C)C. The van der Waals surface area contributed by atoms with Crippen LogP contribution in [0.4, 0.5) is 0 Å². The smallest absolute Gasteiger partial charge is 0.233 e. The molecule has 13 heavy (non-hydrogen) atoms. The molecule has 0 saturated heterocycles. The molecule has 0 aromatic rings. The van der Waals surface area contributed by atoms with Crippen LogP contribution < -0.4 is 10.6 Å². The fourth-order valence-corrected chi connectivity index (χ4v) is 1.32. The van der Waals surface area contributed by atoms with E-state index in [1.165, 1.54) is 0 Å². The second-order valence-corrected chi connectivity index (χ2v) is 3.87. The Balaban J connectivity index is 3.45. The monoisotopic (exact) mass is 186 g/mol. The second kappa shape index (κ2) is 6.89. The first-order valence-corrected chi connectivity index (χ1v) is 5.06. The van der Waals surface area contributed by atoms with Crippen molar-refractivity contribution in [3.05, 3.63) is 0 Å². The van der Waals surface area contributed by atoms with E-state index < -0.39 is 0 Å². The van der Waals surface area contributed by atoms with Crippen molar-refractivity contribution < 1.29 is 4.79 Å². The van der Waals surface area contributed by atoms with Gasteiger partial charge in [0.05, 0.1) is 6.54 Å². The van der Waals surface area contributed by atoms with Gasteiger partial charge in [-0.1, -0.05) is 13.8 Å². The standard InChI is InChI=1S/C10H22N2O/c1-5-11-10(13)7-12-9(4)6-8(2)3/h8-9,12H,5-7H2,1-4H3,(H,11,13). The van der Waals surface area contributed by atoms with Gasteiger partial charge >= 0.3 is 0 Å². The van der Waals surface area contributed by atoms with E-state index in [1.54, 1.807) is 0 Å². The predicted molar refractivity (Wildman–Crippen MR) is 55.6 cm³/mol. The van der Waals surface area contributed by atoms with Gasteiger partial charge in [-0.3, -0.25) is 4.79 Å². The van der Waals surface area contributed by atoms with Crippen LogP contribution in [0.15, 0.2) is 0 Å². The minimum Gasteiger partial charge on any atom is -0.355 e. The first-order valence-electron chi connectivity index (χ1n) is 5.06. The van der Waals surface area contributed by atoms with Crippen LogP contribution in [-0.2, 0) is 4.79 Å². The van der Waals surface area contributed by atoms with E-state index in [-0.39, 0.29) is 5.91 Å². The summed E-state index contributed by atoms with van der Waals surface area (Å²) in [4.78, 5) is 11.1. The fraction of sp³-hybridized carbons (Fsp3) is 0.900. The summed E-state index contributed by atoms with van der Waals surface area (Å²) in [6.45, 7) is 9.55. The molecule has 0 fully saturated rings. The molecule has 2 N–H and O–H groups in total. The minimum absolute atomic E-state index is 0.0816. The molecule has 3 heteroatoms. The first-order chi connectivity index (χ1) is 6.06. The zero-order chi connectivity index (χ0) is 10.3. The lowest BCUT2D eigenvalue weighted by Gasteiger charge is -2.15. The number of likely N-dealkylation sites (N-methyl/N-ethyl adjacent to an activating group) is 1. The molecule has 0 aromatic carbocycles. The Hall–Kier alpha value is -0.570. The summed E-state index contributed by atoms with van der Waals surface area (Å²) in [6, 6.07) is 0.419. The summed E-state index contributed by atoms with van der Waals surface area (Å²) < 4.78 is 0. The van der Waals surface area contributed by atoms with Gasteiger partial charge in [-0.15, -0.1) is 0 Å². The van der Waals surface area contributed by atoms with Gasteiger partial charge in [0.25, 0.3) is 0 Å². The third-order valence-electron chi connectivity index (χ3n) is 1.81. The molecule has 0 bridgehead atoms. The highest BCUT2D eigenvalue weighted by Gasteiger charge is 2.05. The number of hydrogen-bond donors (Lipinski definition) is 2. The molecule has 0 aliphatic rings. The maximum absolute atomic E-state index is 11.1. The maximum atomic E-state index is 11.1. The number of rotatable bonds is 6. The van der Waals surface area contributed by atoms with Crippen molar-refractivity contribution in [2.45, 2.75) is 40.2 Å². The Morgan fingerprint density at radius 2 is 1.92 bits per heavy atom. The van der Waals surface area contributed by atoms with Gasteiger partial charge in [0, 0.05) is 12.6 Å². The molecule has 0 aliphatic heterocycles. The zero-order valence-corrected chi connectivity index (χ0v) is 9.18. The summed E-state index contributed by atoms with van der Waals surface area (Å²) in [5.74, 6) is 0.759. The van der Waals surface area contributed by atoms with Crippen LogP contribution in [-0.4, -0.2) is 25.0 Å². The van der Waals surface area contributed by atoms with Gasteiger partial charge in [0.1, 0.15) is 0 Å². The Morgan fingerprint density at radius 1 is 1.31 bits per heavy atom. The second-order valence-electron chi connectivity index (χ2n) is 3.87. The van der Waals surface area contributed by atoms with E-state index in [0.717, 1.165) is 6.42 Å². The lowest BCUT2D eigenvalue weighted by molar-refractivity contribution is -0.120. The quantitative estimate of drug-likeness (QED) is 0.653. The number of nitrogens with one attached hydrogen (secondary N) is 2. The van der Waals surface area contributed by atoms with Crippen LogP contribution in [0, 0.1) is 5.92 Å². The summed E-state index contributed by atoms with van der Waals surface area (Å²) >= 11 is 0. The highest BCUT2D eigenvalue weighted by atomic mass is 16.1. The number of hydrogen-bond acceptors (Lipinski definition) is 2. The van der Waals surface area contributed by atoms with Crippen molar-refractivity contribution >= 4 is 5.91 Å². The topological polar surface area (TPSA) is 41.1 Å². The van der Waals surface area contributed by atoms with Gasteiger partial charge < -0.3 is 10.6 Å². The molecular weight excluding hydrogens is 164 g/mol. The van der Waals surface area contributed by atoms with E-state index >= 15 is 0 Å². The van der Waals surface area contributed by atoms with Crippen molar-refractivity contribution in [3.8, 4) is 0 Å². The van der Waals surface area contributed by atoms with Crippen LogP contribution in [0.25, 0.3) is 0 Å². The Labute approximate surface area is 81.3 Å². The van der Waals surface area contributed by atoms with Crippen molar-refractivity contribution in [3.63, 3.8) is 0 Å². The van der Waals surface area contributed by atoms with Gasteiger partial charge in [-0.05, 0) is 26.2 Å². The van der Waals surface area contributed by atoms with Gasteiger partial charge in [-0.25, -0.2) is 0 Å². The molecule has 0 aliphatic carbocycles. The van der Waals surface area contributed by atoms with Crippen LogP contribution in [0.3, 0.4) is 0 Å². The van der Waals surface area contributed by atoms with Crippen molar-refractivity contribution in [2.24, 2.45) is 5.92 Å². The van der Waals surface area contributed by atoms with E-state index in [4.69, 9.17) is 0 Å². The number of amides is 1. The molecule has 0 heterocycles. The molecular formula is C10H22N2O. The van der Waals surface area contributed by atoms with Crippen molar-refractivity contribution in [1.82, 2.24) is 10.6 Å². The molecule has 0 spiro atoms. The van der Waals surface area contributed by atoms with Gasteiger partial charge in [0.2, 0.25) is 5.91 Å². The normalized spacial score (nSPS) is 13.0. The first kappa shape index (κ1) is 12.4. The number of carbonyl (C=O) groups is 1. The molecule has 0 saturated carbocycles. The fourth-order valence-electron chi connectivity index (χ4n) is 1.32. The highest BCUT2D eigenvalue weighted by Crippen LogP contribution is 2.02. The van der Waals surface area contributed by atoms with E-state index in [0.29, 0.717) is 25.0 Å². The molecule has 0 radical (unpaired) electrons. The molecule has 3 nitrogen and oxygen atoms in total. The molecule has 78 valence electrons. The third-order valence-corrected chi connectivity index (χ3v) is 1.81. The van der Waals surface area contributed by atoms with Gasteiger partial charge in [-0.2, -0.15) is 0 Å². The average molecular weight is 186 g/mol. The minimum atomic E-state index is 0.0816. The summed E-state index contributed by atoms with van der Waals surface area (Å²) in [5, 5.41) is 5.94. The van der Waals surface area contributed by atoms with E-state index in [1.807, 2.05) is 6.92 Å². The third kappa shape index (κ3) is 7.78. The molecule has 0 rings (SSSR count). The van der Waals surface area contributed by atoms with Crippen LogP contribution in [0.2, 0.25) is 0 Å². The van der Waals surface area contributed by atoms with Crippen molar-refractivity contribution in [2.75, 3.05) is 13.1 Å². The molecule has 1 atom stereocenters. The summed E-state index contributed by atoms with van der Waals surface area (Å²) in [7, 11) is 0. The largest absolute Gasteiger partial charge is 0.355 e. The lowest BCUT2D eigenvalue weighted by Crippen LogP contribution is -2.38. The van der Waals surface area contributed by atoms with Crippen LogP contribution >= 0.6 is 0 Å². The maximum Gasteiger partial charge on any atom is 0.233 e. The average Bonchev–Trinajstić information content (AvgIpc) is 2.00. The van der Waals surface area contributed by atoms with Crippen molar-refractivity contribution in [1.29, 1.82) is 0 Å². The van der Waals surface area contributed by atoms with E-state index in [9.17, 15) is 4.79 Å². The molecule has 1 unspecified atom stereocenters. The highest BCUT2D eigenvalue weighted by molar-refractivity contribution is 5.77. The van der Waals surface area contributed by atoms with Crippen LogP contribution in [0.1, 0.15) is 34.1 Å². The van der Waals surface area contributed by atoms with Gasteiger partial charge in [0.15, 0.2) is 0 Å². The summed E-state index contributed by atoms with van der Waals surface area (Å²) in [6.07, 6.45) is 1.11. The lowest BCUT2D eigenvalue weighted by atomic mass is 10.1. The van der Waals surface area contributed by atoms with Crippen LogP contribution in [0.5, 0.6) is 0 Å². The zero-order valence-electron chi connectivity index (χ0n) is 9.18.